The van der Waals surface area contributed by atoms with E-state index in [1.54, 1.807) is 0 Å². The molecule has 148 valence electrons. The Labute approximate surface area is 156 Å². The summed E-state index contributed by atoms with van der Waals surface area (Å²) >= 11 is 0. The molecule has 1 saturated heterocycles. The summed E-state index contributed by atoms with van der Waals surface area (Å²) in [5, 5.41) is 2.61. The maximum absolute atomic E-state index is 13.4. The van der Waals surface area contributed by atoms with Crippen molar-refractivity contribution in [1.29, 1.82) is 0 Å². The largest absolute Gasteiger partial charge is 0.354 e. The number of carbonyl (C=O) groups is 1. The van der Waals surface area contributed by atoms with Gasteiger partial charge in [0.15, 0.2) is 17.5 Å². The number of nitrogens with zero attached hydrogens (tertiary/aromatic N) is 1. The van der Waals surface area contributed by atoms with Gasteiger partial charge in [0.25, 0.3) is 0 Å². The molecule has 1 aliphatic rings. The molecule has 2 rings (SSSR count). The Balaban J connectivity index is 0.00000338. The lowest BCUT2D eigenvalue weighted by Crippen LogP contribution is -2.49. The first-order valence-electron chi connectivity index (χ1n) is 7.90. The molecule has 0 aromatic heterocycles. The Kier molecular flexibility index (Phi) is 8.32. The molecule has 0 radical (unpaired) electrons. The first-order valence-corrected chi connectivity index (χ1v) is 9.34. The molecular formula is C15H21ClF3N3O3S. The Morgan fingerprint density at radius 1 is 1.23 bits per heavy atom. The smallest absolute Gasteiger partial charge is 0.243 e. The number of hydrogen-bond donors (Lipinski definition) is 2. The van der Waals surface area contributed by atoms with Gasteiger partial charge >= 0.3 is 0 Å². The molecule has 1 atom stereocenters. The number of amides is 1. The highest BCUT2D eigenvalue weighted by atomic mass is 35.5. The van der Waals surface area contributed by atoms with E-state index in [1.165, 1.54) is 0 Å². The van der Waals surface area contributed by atoms with Crippen LogP contribution < -0.4 is 11.1 Å². The summed E-state index contributed by atoms with van der Waals surface area (Å²) in [7, 11) is -4.22. The maximum Gasteiger partial charge on any atom is 0.243 e. The molecular weight excluding hydrogens is 395 g/mol. The number of rotatable bonds is 6. The number of benzene rings is 1. The molecule has 0 saturated carbocycles. The molecule has 1 fully saturated rings. The van der Waals surface area contributed by atoms with Crippen LogP contribution in [0.2, 0.25) is 0 Å². The second kappa shape index (κ2) is 9.54. The zero-order valence-corrected chi connectivity index (χ0v) is 15.5. The fourth-order valence-corrected chi connectivity index (χ4v) is 4.48. The number of halogens is 4. The topological polar surface area (TPSA) is 92.5 Å². The number of carbonyl (C=O) groups excluding carboxylic acids is 1. The molecule has 1 heterocycles. The van der Waals surface area contributed by atoms with E-state index < -0.39 is 38.4 Å². The lowest BCUT2D eigenvalue weighted by molar-refractivity contribution is -0.121. The number of sulfonamides is 1. The number of nitrogens with one attached hydrogen (secondary N) is 1. The fourth-order valence-electron chi connectivity index (χ4n) is 2.76. The Hall–Kier alpha value is -1.36. The van der Waals surface area contributed by atoms with Crippen LogP contribution in [-0.2, 0) is 14.8 Å². The van der Waals surface area contributed by atoms with Gasteiger partial charge in [-0.1, -0.05) is 6.42 Å². The Bertz CT molecular complexity index is 726. The molecule has 1 aromatic carbocycles. The van der Waals surface area contributed by atoms with Gasteiger partial charge in [-0.15, -0.1) is 12.4 Å². The van der Waals surface area contributed by atoms with Crippen LogP contribution in [0.25, 0.3) is 0 Å². The molecule has 0 aliphatic carbocycles. The summed E-state index contributed by atoms with van der Waals surface area (Å²) in [6.07, 6.45) is 1.95. The number of nitrogens with two attached hydrogens (primary N) is 1. The summed E-state index contributed by atoms with van der Waals surface area (Å²) in [5.41, 5.74) is 5.28. The van der Waals surface area contributed by atoms with Crippen molar-refractivity contribution >= 4 is 28.3 Å². The predicted octanol–water partition coefficient (Wildman–Crippen LogP) is 1.53. The summed E-state index contributed by atoms with van der Waals surface area (Å²) in [6, 6.07) is 0.385. The lowest BCUT2D eigenvalue weighted by atomic mass is 10.1. The average Bonchev–Trinajstić information content (AvgIpc) is 2.58. The van der Waals surface area contributed by atoms with Crippen molar-refractivity contribution < 1.29 is 26.4 Å². The summed E-state index contributed by atoms with van der Waals surface area (Å²) in [4.78, 5) is 10.9. The minimum atomic E-state index is -4.22. The van der Waals surface area contributed by atoms with E-state index in [1.807, 2.05) is 0 Å². The first kappa shape index (κ1) is 22.7. The second-order valence-electron chi connectivity index (χ2n) is 5.81. The third-order valence-electron chi connectivity index (χ3n) is 4.04. The van der Waals surface area contributed by atoms with Crippen molar-refractivity contribution in [2.45, 2.75) is 36.6 Å². The van der Waals surface area contributed by atoms with Crippen molar-refractivity contribution in [3.8, 4) is 0 Å². The highest BCUT2D eigenvalue weighted by Gasteiger charge is 2.34. The van der Waals surface area contributed by atoms with Gasteiger partial charge < -0.3 is 11.1 Å². The van der Waals surface area contributed by atoms with E-state index in [2.05, 4.69) is 5.32 Å². The average molecular weight is 416 g/mol. The quantitative estimate of drug-likeness (QED) is 0.689. The van der Waals surface area contributed by atoms with Crippen molar-refractivity contribution in [1.82, 2.24) is 9.62 Å². The van der Waals surface area contributed by atoms with Crippen molar-refractivity contribution in [2.24, 2.45) is 5.73 Å². The monoisotopic (exact) mass is 415 g/mol. The van der Waals surface area contributed by atoms with Gasteiger partial charge in [-0.3, -0.25) is 4.79 Å². The van der Waals surface area contributed by atoms with Crippen LogP contribution in [0.5, 0.6) is 0 Å². The van der Waals surface area contributed by atoms with E-state index in [0.717, 1.165) is 10.7 Å². The third-order valence-corrected chi connectivity index (χ3v) is 5.97. The van der Waals surface area contributed by atoms with Gasteiger partial charge in [-0.25, -0.2) is 21.6 Å². The summed E-state index contributed by atoms with van der Waals surface area (Å²) in [5.74, 6) is -5.15. The van der Waals surface area contributed by atoms with Gasteiger partial charge in [-0.2, -0.15) is 4.31 Å². The van der Waals surface area contributed by atoms with Crippen LogP contribution in [0.3, 0.4) is 0 Å². The zero-order chi connectivity index (χ0) is 18.6. The van der Waals surface area contributed by atoms with E-state index in [0.29, 0.717) is 25.0 Å². The minimum absolute atomic E-state index is 0. The van der Waals surface area contributed by atoms with Crippen LogP contribution >= 0.6 is 12.4 Å². The molecule has 1 unspecified atom stereocenters. The lowest BCUT2D eigenvalue weighted by Gasteiger charge is -2.34. The standard InChI is InChI=1S/C15H20F3N3O3S.ClH/c16-12-7-11(8-13(17)15(12)18)25(23,24)21-6-2-1-3-10(21)9-20-14(22)4-5-19;/h7-8,10H,1-6,9,19H2,(H,20,22);1H. The molecule has 1 aromatic rings. The molecule has 11 heteroatoms. The van der Waals surface area contributed by atoms with Crippen molar-refractivity contribution in [2.75, 3.05) is 19.6 Å². The van der Waals surface area contributed by atoms with E-state index >= 15 is 0 Å². The Morgan fingerprint density at radius 3 is 2.42 bits per heavy atom. The normalized spacial score (nSPS) is 18.2. The van der Waals surface area contributed by atoms with Crippen LogP contribution in [-0.4, -0.2) is 44.3 Å². The van der Waals surface area contributed by atoms with Crippen LogP contribution in [0.1, 0.15) is 25.7 Å². The number of piperidine rings is 1. The highest BCUT2D eigenvalue weighted by molar-refractivity contribution is 7.89. The third kappa shape index (κ3) is 5.09. The van der Waals surface area contributed by atoms with E-state index in [9.17, 15) is 26.4 Å². The fraction of sp³-hybridized carbons (Fsp3) is 0.533. The van der Waals surface area contributed by atoms with Crippen molar-refractivity contribution in [3.05, 3.63) is 29.6 Å². The molecule has 1 aliphatic heterocycles. The SMILES string of the molecule is Cl.NCCC(=O)NCC1CCCCN1S(=O)(=O)c1cc(F)c(F)c(F)c1. The molecule has 26 heavy (non-hydrogen) atoms. The van der Waals surface area contributed by atoms with Crippen molar-refractivity contribution in [3.63, 3.8) is 0 Å². The Morgan fingerprint density at radius 2 is 1.85 bits per heavy atom. The number of hydrogen-bond acceptors (Lipinski definition) is 4. The van der Waals surface area contributed by atoms with Gasteiger partial charge in [0.2, 0.25) is 15.9 Å². The highest BCUT2D eigenvalue weighted by Crippen LogP contribution is 2.27. The van der Waals surface area contributed by atoms with Gasteiger partial charge in [0.1, 0.15) is 0 Å². The van der Waals surface area contributed by atoms with Crippen LogP contribution in [0, 0.1) is 17.5 Å². The predicted molar refractivity (Wildman–Crippen MR) is 91.8 cm³/mol. The second-order valence-corrected chi connectivity index (χ2v) is 7.70. The van der Waals surface area contributed by atoms with Crippen LogP contribution in [0.15, 0.2) is 17.0 Å². The minimum Gasteiger partial charge on any atom is -0.354 e. The summed E-state index contributed by atoms with van der Waals surface area (Å²) in [6.45, 7) is 0.400. The molecule has 6 nitrogen and oxygen atoms in total. The van der Waals surface area contributed by atoms with E-state index in [-0.39, 0.29) is 44.4 Å². The molecule has 1 amide bonds. The molecule has 0 spiro atoms. The first-order chi connectivity index (χ1) is 11.8. The van der Waals surface area contributed by atoms with Crippen LogP contribution in [0.4, 0.5) is 13.2 Å². The van der Waals surface area contributed by atoms with Gasteiger partial charge in [0.05, 0.1) is 4.90 Å². The van der Waals surface area contributed by atoms with Gasteiger partial charge in [-0.05, 0) is 25.0 Å². The molecule has 0 bridgehead atoms. The van der Waals surface area contributed by atoms with Gasteiger partial charge in [0, 0.05) is 32.1 Å². The zero-order valence-electron chi connectivity index (χ0n) is 13.9. The van der Waals surface area contributed by atoms with E-state index in [4.69, 9.17) is 5.73 Å². The molecule has 3 N–H and O–H groups in total. The maximum atomic E-state index is 13.4. The summed E-state index contributed by atoms with van der Waals surface area (Å²) < 4.78 is 66.4.